The largest absolute Gasteiger partial charge is 0.147 e. The highest BCUT2D eigenvalue weighted by Crippen LogP contribution is 2.42. The maximum Gasteiger partial charge on any atom is 0.107 e. The Labute approximate surface area is 121 Å². The molecule has 2 aromatic rings. The van der Waals surface area contributed by atoms with Gasteiger partial charge < -0.3 is 0 Å². The van der Waals surface area contributed by atoms with Gasteiger partial charge in [-0.05, 0) is 45.4 Å². The molecule has 5 heteroatoms. The van der Waals surface area contributed by atoms with Crippen molar-refractivity contribution in [1.82, 2.24) is 0 Å². The van der Waals surface area contributed by atoms with Crippen molar-refractivity contribution in [2.45, 2.75) is 18.7 Å². The van der Waals surface area contributed by atoms with Gasteiger partial charge in [0, 0.05) is 14.2 Å². The molecule has 0 aliphatic rings. The van der Waals surface area contributed by atoms with Crippen molar-refractivity contribution in [2.75, 3.05) is 0 Å². The van der Waals surface area contributed by atoms with Gasteiger partial charge in [-0.3, -0.25) is 0 Å². The van der Waals surface area contributed by atoms with Crippen LogP contribution in [-0.2, 0) is 6.42 Å². The lowest BCUT2D eigenvalue weighted by molar-refractivity contribution is 1.09. The van der Waals surface area contributed by atoms with Crippen LogP contribution in [0.15, 0.2) is 22.0 Å². The van der Waals surface area contributed by atoms with Crippen LogP contribution in [0.5, 0.6) is 0 Å². The molecule has 16 heavy (non-hydrogen) atoms. The second-order valence-electron chi connectivity index (χ2n) is 3.30. The normalized spacial score (nSPS) is 13.0. The highest BCUT2D eigenvalue weighted by Gasteiger charge is 2.19. The zero-order chi connectivity index (χ0) is 11.7. The highest BCUT2D eigenvalue weighted by molar-refractivity contribution is 9.10. The second-order valence-corrected chi connectivity index (χ2v) is 7.22. The molecule has 2 aromatic heterocycles. The van der Waals surface area contributed by atoms with E-state index in [-0.39, 0.29) is 5.38 Å². The monoisotopic (exact) mass is 354 g/mol. The maximum atomic E-state index is 6.48. The Morgan fingerprint density at radius 3 is 2.81 bits per heavy atom. The van der Waals surface area contributed by atoms with E-state index in [1.54, 1.807) is 11.3 Å². The number of thiophene rings is 2. The van der Waals surface area contributed by atoms with Crippen LogP contribution in [0.2, 0.25) is 4.34 Å². The summed E-state index contributed by atoms with van der Waals surface area (Å²) < 4.78 is 1.68. The van der Waals surface area contributed by atoms with Crippen molar-refractivity contribution < 1.29 is 0 Å². The van der Waals surface area contributed by atoms with Crippen molar-refractivity contribution in [3.8, 4) is 0 Å². The summed E-state index contributed by atoms with van der Waals surface area (Å²) in [4.78, 5) is 2.32. The summed E-state index contributed by atoms with van der Waals surface area (Å²) in [7, 11) is 0. The molecule has 0 fully saturated rings. The van der Waals surface area contributed by atoms with E-state index in [9.17, 15) is 0 Å². The van der Waals surface area contributed by atoms with Crippen LogP contribution in [0.3, 0.4) is 0 Å². The van der Waals surface area contributed by atoms with Gasteiger partial charge >= 0.3 is 0 Å². The van der Waals surface area contributed by atoms with Crippen molar-refractivity contribution in [3.63, 3.8) is 0 Å². The fourth-order valence-electron chi connectivity index (χ4n) is 1.48. The first-order chi connectivity index (χ1) is 7.63. The van der Waals surface area contributed by atoms with Crippen molar-refractivity contribution in [2.24, 2.45) is 0 Å². The minimum Gasteiger partial charge on any atom is -0.147 e. The lowest BCUT2D eigenvalue weighted by Crippen LogP contribution is -1.90. The van der Waals surface area contributed by atoms with E-state index in [1.165, 1.54) is 21.8 Å². The Morgan fingerprint density at radius 2 is 2.25 bits per heavy atom. The highest BCUT2D eigenvalue weighted by atomic mass is 79.9. The van der Waals surface area contributed by atoms with Crippen LogP contribution in [0, 0.1) is 0 Å². The third-order valence-corrected chi connectivity index (χ3v) is 6.58. The van der Waals surface area contributed by atoms with Crippen LogP contribution < -0.4 is 0 Å². The third-order valence-electron chi connectivity index (χ3n) is 2.31. The summed E-state index contributed by atoms with van der Waals surface area (Å²) in [6.07, 6.45) is 1.02. The number of rotatable bonds is 3. The van der Waals surface area contributed by atoms with Gasteiger partial charge in [-0.25, -0.2) is 0 Å². The van der Waals surface area contributed by atoms with Crippen LogP contribution in [0.1, 0.15) is 27.6 Å². The second kappa shape index (κ2) is 5.40. The summed E-state index contributed by atoms with van der Waals surface area (Å²) in [6, 6.07) is 4.14. The maximum absolute atomic E-state index is 6.48. The zero-order valence-electron chi connectivity index (χ0n) is 8.47. The molecule has 0 amide bonds. The van der Waals surface area contributed by atoms with Gasteiger partial charge in [0.1, 0.15) is 9.71 Å². The van der Waals surface area contributed by atoms with Gasteiger partial charge in [-0.15, -0.1) is 34.3 Å². The molecule has 0 radical (unpaired) electrons. The number of alkyl halides is 1. The standard InChI is InChI=1S/C11H9BrCl2S2/c1-2-6-3-4-15-10(6)9(13)8-5-7(12)11(14)16-8/h3-5,9H,2H2,1H3. The van der Waals surface area contributed by atoms with E-state index in [4.69, 9.17) is 23.2 Å². The molecule has 0 spiro atoms. The molecule has 0 N–H and O–H groups in total. The topological polar surface area (TPSA) is 0 Å². The molecule has 0 aliphatic carbocycles. The zero-order valence-corrected chi connectivity index (χ0v) is 13.2. The van der Waals surface area contributed by atoms with Crippen molar-refractivity contribution >= 4 is 61.8 Å². The Kier molecular flexibility index (Phi) is 4.36. The molecule has 2 heterocycles. The number of halogens is 3. The van der Waals surface area contributed by atoms with E-state index in [1.807, 2.05) is 6.07 Å². The molecule has 0 aromatic carbocycles. The summed E-state index contributed by atoms with van der Waals surface area (Å²) in [5, 5.41) is 2.01. The van der Waals surface area contributed by atoms with Crippen LogP contribution in [0.4, 0.5) is 0 Å². The lowest BCUT2D eigenvalue weighted by atomic mass is 10.1. The number of aryl methyl sites for hydroxylation is 1. The summed E-state index contributed by atoms with van der Waals surface area (Å²) in [5.41, 5.74) is 1.32. The molecule has 0 nitrogen and oxygen atoms in total. The Hall–Kier alpha value is 0.460. The fourth-order valence-corrected chi connectivity index (χ4v) is 4.76. The summed E-state index contributed by atoms with van der Waals surface area (Å²) in [6.45, 7) is 2.15. The smallest absolute Gasteiger partial charge is 0.107 e. The molecule has 2 rings (SSSR count). The lowest BCUT2D eigenvalue weighted by Gasteiger charge is -2.07. The average Bonchev–Trinajstić information content (AvgIpc) is 2.85. The minimum absolute atomic E-state index is 0.0799. The Morgan fingerprint density at radius 1 is 1.50 bits per heavy atom. The number of hydrogen-bond acceptors (Lipinski definition) is 2. The van der Waals surface area contributed by atoms with Gasteiger partial charge in [0.15, 0.2) is 0 Å². The molecule has 0 saturated carbocycles. The van der Waals surface area contributed by atoms with E-state index in [0.717, 1.165) is 20.1 Å². The summed E-state index contributed by atoms with van der Waals surface area (Å²) >= 11 is 19.2. The first kappa shape index (κ1) is 12.9. The number of hydrogen-bond donors (Lipinski definition) is 0. The van der Waals surface area contributed by atoms with Gasteiger partial charge in [0.05, 0.1) is 0 Å². The van der Waals surface area contributed by atoms with Crippen LogP contribution in [-0.4, -0.2) is 0 Å². The Balaban J connectivity index is 2.35. The molecular formula is C11H9BrCl2S2. The predicted octanol–water partition coefficient (Wildman–Crippen LogP) is 6.12. The van der Waals surface area contributed by atoms with E-state index in [0.29, 0.717) is 0 Å². The predicted molar refractivity (Wildman–Crippen MR) is 78.4 cm³/mol. The molecular weight excluding hydrogens is 347 g/mol. The van der Waals surface area contributed by atoms with Crippen LogP contribution >= 0.6 is 61.8 Å². The average molecular weight is 356 g/mol. The molecule has 0 saturated heterocycles. The SMILES string of the molecule is CCc1ccsc1C(Cl)c1cc(Br)c(Cl)s1. The quantitative estimate of drug-likeness (QED) is 0.582. The molecule has 1 unspecified atom stereocenters. The molecule has 0 aliphatic heterocycles. The van der Waals surface area contributed by atoms with Crippen LogP contribution in [0.25, 0.3) is 0 Å². The molecule has 1 atom stereocenters. The van der Waals surface area contributed by atoms with E-state index in [2.05, 4.69) is 34.3 Å². The van der Waals surface area contributed by atoms with E-state index < -0.39 is 0 Å². The first-order valence-corrected chi connectivity index (χ1v) is 8.09. The van der Waals surface area contributed by atoms with Gasteiger partial charge in [0.2, 0.25) is 0 Å². The van der Waals surface area contributed by atoms with Gasteiger partial charge in [0.25, 0.3) is 0 Å². The van der Waals surface area contributed by atoms with Crippen molar-refractivity contribution in [1.29, 1.82) is 0 Å². The van der Waals surface area contributed by atoms with E-state index >= 15 is 0 Å². The van der Waals surface area contributed by atoms with Gasteiger partial charge in [-0.1, -0.05) is 18.5 Å². The summed E-state index contributed by atoms with van der Waals surface area (Å²) in [5.74, 6) is 0. The fraction of sp³-hybridized carbons (Fsp3) is 0.273. The Bertz CT molecular complexity index is 470. The third kappa shape index (κ3) is 2.49. The van der Waals surface area contributed by atoms with Crippen molar-refractivity contribution in [3.05, 3.63) is 41.6 Å². The van der Waals surface area contributed by atoms with Gasteiger partial charge in [-0.2, -0.15) is 0 Å². The molecule has 0 bridgehead atoms. The molecule has 86 valence electrons. The first-order valence-electron chi connectivity index (χ1n) is 4.78. The minimum atomic E-state index is -0.0799.